The van der Waals surface area contributed by atoms with Gasteiger partial charge in [0.1, 0.15) is 0 Å². The number of benzene rings is 2. The van der Waals surface area contributed by atoms with Crippen LogP contribution in [0.1, 0.15) is 25.0 Å². The molecule has 0 saturated heterocycles. The minimum absolute atomic E-state index is 1.06. The Labute approximate surface area is 121 Å². The van der Waals surface area contributed by atoms with E-state index < -0.39 is 0 Å². The van der Waals surface area contributed by atoms with Crippen molar-refractivity contribution in [1.29, 1.82) is 0 Å². The van der Waals surface area contributed by atoms with Crippen molar-refractivity contribution < 1.29 is 0 Å². The van der Waals surface area contributed by atoms with Crippen molar-refractivity contribution in [3.05, 3.63) is 83.9 Å². The summed E-state index contributed by atoms with van der Waals surface area (Å²) in [6, 6.07) is 20.5. The highest BCUT2D eigenvalue weighted by atomic mass is 14.0. The standard InChI is InChI=1S/C20H18/c1-3-17(19-11-7-5-8-12-19)15-16-18(4-2)20-13-9-6-10-14-20/h3-14H,1-2H3/b17-3-,18-4-. The topological polar surface area (TPSA) is 0 Å². The van der Waals surface area contributed by atoms with Crippen LogP contribution in [0.3, 0.4) is 0 Å². The summed E-state index contributed by atoms with van der Waals surface area (Å²) in [6.07, 6.45) is 4.11. The molecule has 0 heterocycles. The van der Waals surface area contributed by atoms with Crippen molar-refractivity contribution in [1.82, 2.24) is 0 Å². The van der Waals surface area contributed by atoms with Gasteiger partial charge in [-0.25, -0.2) is 0 Å². The van der Waals surface area contributed by atoms with Gasteiger partial charge in [-0.2, -0.15) is 0 Å². The van der Waals surface area contributed by atoms with Crippen LogP contribution in [0.2, 0.25) is 0 Å². The molecule has 0 atom stereocenters. The second-order valence-electron chi connectivity index (χ2n) is 4.39. The van der Waals surface area contributed by atoms with Crippen molar-refractivity contribution in [3.63, 3.8) is 0 Å². The van der Waals surface area contributed by atoms with E-state index in [-0.39, 0.29) is 0 Å². The van der Waals surface area contributed by atoms with Crippen LogP contribution in [0.15, 0.2) is 72.8 Å². The second kappa shape index (κ2) is 7.16. The molecule has 0 fully saturated rings. The third kappa shape index (κ3) is 3.49. The van der Waals surface area contributed by atoms with E-state index >= 15 is 0 Å². The fourth-order valence-electron chi connectivity index (χ4n) is 1.99. The summed E-state index contributed by atoms with van der Waals surface area (Å²) in [5, 5.41) is 0. The van der Waals surface area contributed by atoms with Crippen LogP contribution in [0.25, 0.3) is 11.1 Å². The summed E-state index contributed by atoms with van der Waals surface area (Å²) in [5.41, 5.74) is 4.43. The van der Waals surface area contributed by atoms with Gasteiger partial charge in [0.2, 0.25) is 0 Å². The van der Waals surface area contributed by atoms with Crippen LogP contribution in [0, 0.1) is 11.8 Å². The zero-order valence-electron chi connectivity index (χ0n) is 11.9. The third-order valence-corrected chi connectivity index (χ3v) is 3.08. The summed E-state index contributed by atoms with van der Waals surface area (Å²) in [4.78, 5) is 0. The number of allylic oxidation sites excluding steroid dienone is 4. The summed E-state index contributed by atoms with van der Waals surface area (Å²) in [6.45, 7) is 4.05. The minimum Gasteiger partial charge on any atom is -0.0713 e. The molecular formula is C20H18. The number of hydrogen-bond acceptors (Lipinski definition) is 0. The lowest BCUT2D eigenvalue weighted by Crippen LogP contribution is -1.82. The Hall–Kier alpha value is -2.52. The Morgan fingerprint density at radius 1 is 0.650 bits per heavy atom. The predicted octanol–water partition coefficient (Wildman–Crippen LogP) is 5.20. The first-order chi connectivity index (χ1) is 9.85. The third-order valence-electron chi connectivity index (χ3n) is 3.08. The molecule has 20 heavy (non-hydrogen) atoms. The quantitative estimate of drug-likeness (QED) is 0.650. The monoisotopic (exact) mass is 258 g/mol. The van der Waals surface area contributed by atoms with Gasteiger partial charge in [0.25, 0.3) is 0 Å². The minimum atomic E-state index is 1.06. The van der Waals surface area contributed by atoms with Crippen LogP contribution in [-0.2, 0) is 0 Å². The molecule has 0 aromatic heterocycles. The van der Waals surface area contributed by atoms with Crippen molar-refractivity contribution in [2.75, 3.05) is 0 Å². The molecule has 0 unspecified atom stereocenters. The molecule has 0 N–H and O–H groups in total. The first-order valence-corrected chi connectivity index (χ1v) is 6.80. The van der Waals surface area contributed by atoms with Gasteiger partial charge in [-0.15, -0.1) is 0 Å². The first kappa shape index (κ1) is 13.9. The zero-order valence-corrected chi connectivity index (χ0v) is 11.9. The molecule has 0 aliphatic heterocycles. The molecule has 2 aromatic carbocycles. The van der Waals surface area contributed by atoms with E-state index in [0.717, 1.165) is 22.3 Å². The SMILES string of the molecule is C/C=C(/C#C/C(=C/C)c1ccccc1)c1ccccc1. The average molecular weight is 258 g/mol. The van der Waals surface area contributed by atoms with Gasteiger partial charge in [-0.3, -0.25) is 0 Å². The van der Waals surface area contributed by atoms with E-state index in [4.69, 9.17) is 0 Å². The second-order valence-corrected chi connectivity index (χ2v) is 4.39. The normalized spacial score (nSPS) is 11.7. The van der Waals surface area contributed by atoms with E-state index in [0.29, 0.717) is 0 Å². The highest BCUT2D eigenvalue weighted by molar-refractivity contribution is 5.86. The highest BCUT2D eigenvalue weighted by Gasteiger charge is 1.97. The van der Waals surface area contributed by atoms with E-state index in [1.54, 1.807) is 0 Å². The van der Waals surface area contributed by atoms with E-state index in [1.807, 2.05) is 50.2 Å². The summed E-state index contributed by atoms with van der Waals surface area (Å²) >= 11 is 0. The zero-order chi connectivity index (χ0) is 14.2. The summed E-state index contributed by atoms with van der Waals surface area (Å²) in [5.74, 6) is 6.56. The molecule has 0 amide bonds. The van der Waals surface area contributed by atoms with Crippen LogP contribution >= 0.6 is 0 Å². The molecule has 0 bridgehead atoms. The largest absolute Gasteiger partial charge is 0.0713 e. The molecule has 2 rings (SSSR count). The lowest BCUT2D eigenvalue weighted by Gasteiger charge is -2.00. The van der Waals surface area contributed by atoms with E-state index in [9.17, 15) is 0 Å². The molecule has 0 spiro atoms. The van der Waals surface area contributed by atoms with Crippen LogP contribution in [0.4, 0.5) is 0 Å². The molecule has 0 saturated carbocycles. The van der Waals surface area contributed by atoms with Gasteiger partial charge >= 0.3 is 0 Å². The average Bonchev–Trinajstić information content (AvgIpc) is 2.53. The van der Waals surface area contributed by atoms with Crippen molar-refractivity contribution in [3.8, 4) is 11.8 Å². The Kier molecular flexibility index (Phi) is 4.98. The Morgan fingerprint density at radius 3 is 1.30 bits per heavy atom. The lowest BCUT2D eigenvalue weighted by molar-refractivity contribution is 1.60. The maximum atomic E-state index is 3.28. The van der Waals surface area contributed by atoms with Crippen molar-refractivity contribution in [2.24, 2.45) is 0 Å². The van der Waals surface area contributed by atoms with Gasteiger partial charge in [0.05, 0.1) is 0 Å². The highest BCUT2D eigenvalue weighted by Crippen LogP contribution is 2.16. The number of rotatable bonds is 2. The molecular weight excluding hydrogens is 240 g/mol. The number of hydrogen-bond donors (Lipinski definition) is 0. The summed E-state index contributed by atoms with van der Waals surface area (Å²) < 4.78 is 0. The fourth-order valence-corrected chi connectivity index (χ4v) is 1.99. The molecule has 0 aliphatic rings. The molecule has 0 radical (unpaired) electrons. The van der Waals surface area contributed by atoms with Crippen molar-refractivity contribution >= 4 is 11.1 Å². The lowest BCUT2D eigenvalue weighted by atomic mass is 10.0. The Morgan fingerprint density at radius 2 is 1.00 bits per heavy atom. The first-order valence-electron chi connectivity index (χ1n) is 6.80. The van der Waals surface area contributed by atoms with Gasteiger partial charge in [-0.05, 0) is 25.0 Å². The molecule has 98 valence electrons. The maximum Gasteiger partial charge on any atom is 0.0278 e. The van der Waals surface area contributed by atoms with Gasteiger partial charge < -0.3 is 0 Å². The molecule has 0 heteroatoms. The summed E-state index contributed by atoms with van der Waals surface area (Å²) in [7, 11) is 0. The van der Waals surface area contributed by atoms with Crippen LogP contribution in [-0.4, -0.2) is 0 Å². The van der Waals surface area contributed by atoms with Gasteiger partial charge in [-0.1, -0.05) is 84.7 Å². The molecule has 2 aromatic rings. The fraction of sp³-hybridized carbons (Fsp3) is 0.100. The van der Waals surface area contributed by atoms with Crippen LogP contribution in [0.5, 0.6) is 0 Å². The van der Waals surface area contributed by atoms with Gasteiger partial charge in [0.15, 0.2) is 0 Å². The Bertz CT molecular complexity index is 603. The maximum absolute atomic E-state index is 3.28. The van der Waals surface area contributed by atoms with E-state index in [2.05, 4.69) is 48.3 Å². The molecule has 0 nitrogen and oxygen atoms in total. The predicted molar refractivity (Wildman–Crippen MR) is 88.0 cm³/mol. The Balaban J connectivity index is 2.29. The van der Waals surface area contributed by atoms with E-state index in [1.165, 1.54) is 0 Å². The smallest absolute Gasteiger partial charge is 0.0278 e. The van der Waals surface area contributed by atoms with Gasteiger partial charge in [0, 0.05) is 11.1 Å². The molecule has 0 aliphatic carbocycles. The van der Waals surface area contributed by atoms with Crippen LogP contribution < -0.4 is 0 Å². The van der Waals surface area contributed by atoms with Crippen molar-refractivity contribution in [2.45, 2.75) is 13.8 Å².